The summed E-state index contributed by atoms with van der Waals surface area (Å²) in [6.45, 7) is 5.92. The van der Waals surface area contributed by atoms with Gasteiger partial charge in [0, 0.05) is 36.4 Å². The first-order valence-corrected chi connectivity index (χ1v) is 14.5. The van der Waals surface area contributed by atoms with E-state index in [9.17, 15) is 13.6 Å². The molecule has 2 aromatic carbocycles. The van der Waals surface area contributed by atoms with E-state index in [1.165, 1.54) is 6.07 Å². The van der Waals surface area contributed by atoms with Crippen LogP contribution in [0.3, 0.4) is 0 Å². The van der Waals surface area contributed by atoms with E-state index in [0.29, 0.717) is 5.69 Å². The number of hydrogen-bond acceptors (Lipinski definition) is 5. The van der Waals surface area contributed by atoms with Crippen LogP contribution < -0.4 is 4.90 Å². The number of fused-ring (bicyclic) bond motifs is 2. The van der Waals surface area contributed by atoms with Gasteiger partial charge in [0.2, 0.25) is 5.91 Å². The molecule has 2 aromatic heterocycles. The van der Waals surface area contributed by atoms with Gasteiger partial charge in [0.05, 0.1) is 28.9 Å². The molecule has 3 aliphatic rings. The number of amides is 1. The number of carbonyl (C=O) groups excluding carboxylic acids is 1. The van der Waals surface area contributed by atoms with Gasteiger partial charge in [-0.25, -0.2) is 13.8 Å². The Morgan fingerprint density at radius 3 is 2.46 bits per heavy atom. The Hall–Kier alpha value is -3.59. The molecule has 9 heteroatoms. The van der Waals surface area contributed by atoms with Crippen LogP contribution in [-0.4, -0.2) is 33.8 Å². The Balaban J connectivity index is 1.42. The molecule has 3 heterocycles. The van der Waals surface area contributed by atoms with Crippen LogP contribution in [0.2, 0.25) is 0 Å². The van der Waals surface area contributed by atoms with Gasteiger partial charge in [0.1, 0.15) is 11.6 Å². The van der Waals surface area contributed by atoms with Gasteiger partial charge in [-0.1, -0.05) is 11.2 Å². The normalized spacial score (nSPS) is 26.0. The highest BCUT2D eigenvalue weighted by Crippen LogP contribution is 2.54. The molecule has 7 rings (SSSR count). The Kier molecular flexibility index (Phi) is 6.26. The Morgan fingerprint density at radius 2 is 1.78 bits per heavy atom. The quantitative estimate of drug-likeness (QED) is 0.259. The van der Waals surface area contributed by atoms with Gasteiger partial charge in [0.15, 0.2) is 11.6 Å². The average molecular weight is 561 g/mol. The topological polar surface area (TPSA) is 73.4 Å². The lowest BCUT2D eigenvalue weighted by Gasteiger charge is -2.37. The minimum absolute atomic E-state index is 0.0351. The van der Waals surface area contributed by atoms with Gasteiger partial charge in [0.25, 0.3) is 0 Å². The van der Waals surface area contributed by atoms with Crippen molar-refractivity contribution in [2.45, 2.75) is 77.5 Å². The van der Waals surface area contributed by atoms with Crippen molar-refractivity contribution < 1.29 is 22.8 Å². The predicted octanol–water partition coefficient (Wildman–Crippen LogP) is 7.14. The molecule has 214 valence electrons. The number of piperidine rings is 1. The van der Waals surface area contributed by atoms with E-state index < -0.39 is 11.6 Å². The summed E-state index contributed by atoms with van der Waals surface area (Å²) in [5.41, 5.74) is 6.11. The lowest BCUT2D eigenvalue weighted by Crippen LogP contribution is -2.41. The molecule has 7 nitrogen and oxygen atoms in total. The van der Waals surface area contributed by atoms with Gasteiger partial charge in [-0.2, -0.15) is 0 Å². The summed E-state index contributed by atoms with van der Waals surface area (Å²) in [5, 5.41) is 4.16. The number of benzene rings is 2. The Morgan fingerprint density at radius 1 is 1.00 bits per heavy atom. The fourth-order valence-electron chi connectivity index (χ4n) is 7.31. The fourth-order valence-corrected chi connectivity index (χ4v) is 7.31. The van der Waals surface area contributed by atoms with Gasteiger partial charge < -0.3 is 18.7 Å². The molecule has 0 N–H and O–H groups in total. The molecule has 3 atom stereocenters. The molecular formula is C32H34F2N4O3. The third-order valence-electron chi connectivity index (χ3n) is 9.58. The number of anilines is 1. The van der Waals surface area contributed by atoms with Crippen LogP contribution in [0.25, 0.3) is 22.2 Å². The van der Waals surface area contributed by atoms with Crippen molar-refractivity contribution in [1.82, 2.24) is 14.7 Å². The number of aryl methyl sites for hydroxylation is 3. The van der Waals surface area contributed by atoms with Crippen molar-refractivity contribution in [1.29, 1.82) is 0 Å². The van der Waals surface area contributed by atoms with Crippen LogP contribution in [0.15, 0.2) is 34.9 Å². The molecule has 0 radical (unpaired) electrons. The molecule has 1 saturated heterocycles. The first-order chi connectivity index (χ1) is 19.8. The molecule has 1 aliphatic heterocycles. The van der Waals surface area contributed by atoms with E-state index in [0.717, 1.165) is 95.7 Å². The SMILES string of the molecule is COC1CCC(n2c([C@H]3C[C@H]4C[C@H]4C(=O)N3c3ccc(F)c(F)c3)nc3c(C)c(-c4c(C)noc4C)ccc32)CC1. The second-order valence-electron chi connectivity index (χ2n) is 12.0. The van der Waals surface area contributed by atoms with Crippen LogP contribution in [0, 0.1) is 44.2 Å². The van der Waals surface area contributed by atoms with Gasteiger partial charge >= 0.3 is 0 Å². The molecule has 0 spiro atoms. The Bertz CT molecular complexity index is 1650. The molecule has 1 amide bonds. The second-order valence-corrected chi connectivity index (χ2v) is 12.0. The molecule has 0 unspecified atom stereocenters. The van der Waals surface area contributed by atoms with Crippen molar-refractivity contribution in [3.63, 3.8) is 0 Å². The zero-order valence-electron chi connectivity index (χ0n) is 23.8. The number of aromatic nitrogens is 3. The van der Waals surface area contributed by atoms with E-state index >= 15 is 0 Å². The number of nitrogens with zero attached hydrogens (tertiary/aromatic N) is 4. The molecule has 2 aliphatic carbocycles. The molecule has 0 bridgehead atoms. The predicted molar refractivity (Wildman–Crippen MR) is 151 cm³/mol. The van der Waals surface area contributed by atoms with Crippen molar-refractivity contribution in [3.8, 4) is 11.1 Å². The molecule has 3 fully saturated rings. The summed E-state index contributed by atoms with van der Waals surface area (Å²) in [5.74, 6) is -0.144. The third-order valence-corrected chi connectivity index (χ3v) is 9.58. The van der Waals surface area contributed by atoms with Gasteiger partial charge in [-0.15, -0.1) is 0 Å². The minimum Gasteiger partial charge on any atom is -0.381 e. The molecule has 41 heavy (non-hydrogen) atoms. The van der Waals surface area contributed by atoms with Crippen molar-refractivity contribution >= 4 is 22.6 Å². The fraction of sp³-hybridized carbons (Fsp3) is 0.469. The number of ether oxygens (including phenoxy) is 1. The molecule has 4 aromatic rings. The number of halogens is 2. The first-order valence-electron chi connectivity index (χ1n) is 14.5. The van der Waals surface area contributed by atoms with E-state index in [2.05, 4.69) is 28.8 Å². The maximum absolute atomic E-state index is 14.4. The van der Waals surface area contributed by atoms with Crippen LogP contribution in [0.4, 0.5) is 14.5 Å². The van der Waals surface area contributed by atoms with Crippen LogP contribution in [0.1, 0.15) is 73.5 Å². The zero-order valence-corrected chi connectivity index (χ0v) is 23.8. The summed E-state index contributed by atoms with van der Waals surface area (Å²) >= 11 is 0. The smallest absolute Gasteiger partial charge is 0.231 e. The van der Waals surface area contributed by atoms with Crippen LogP contribution in [0.5, 0.6) is 0 Å². The van der Waals surface area contributed by atoms with E-state index in [1.807, 2.05) is 13.8 Å². The summed E-state index contributed by atoms with van der Waals surface area (Å²) in [4.78, 5) is 20.7. The molecule has 2 saturated carbocycles. The number of imidazole rings is 1. The standard InChI is InChI=1S/C32H34F2N4O3/c1-16-23(29-17(2)36-41-18(29)3)10-12-27-30(16)35-31(37(27)20-5-8-22(40-4)9-6-20)28-14-19-13-24(19)32(39)38(28)21-7-11-25(33)26(34)15-21/h7,10-12,15,19-20,22,24,28H,5-6,8-9,13-14H2,1-4H3/t19-,20?,22?,24-,28-/m1/s1. The maximum atomic E-state index is 14.4. The summed E-state index contributed by atoms with van der Waals surface area (Å²) < 4.78 is 41.8. The van der Waals surface area contributed by atoms with E-state index in [4.69, 9.17) is 14.2 Å². The van der Waals surface area contributed by atoms with Crippen molar-refractivity contribution in [3.05, 3.63) is 64.8 Å². The number of carbonyl (C=O) groups is 1. The summed E-state index contributed by atoms with van der Waals surface area (Å²) in [6, 6.07) is 7.78. The molecular weight excluding hydrogens is 526 g/mol. The number of rotatable bonds is 5. The largest absolute Gasteiger partial charge is 0.381 e. The lowest BCUT2D eigenvalue weighted by atomic mass is 9.91. The van der Waals surface area contributed by atoms with E-state index in [1.54, 1.807) is 12.0 Å². The monoisotopic (exact) mass is 560 g/mol. The number of methoxy groups -OCH3 is 1. The van der Waals surface area contributed by atoms with Crippen LogP contribution >= 0.6 is 0 Å². The highest BCUT2D eigenvalue weighted by molar-refractivity contribution is 5.99. The lowest BCUT2D eigenvalue weighted by molar-refractivity contribution is -0.121. The summed E-state index contributed by atoms with van der Waals surface area (Å²) in [6.07, 6.45) is 5.54. The highest BCUT2D eigenvalue weighted by Gasteiger charge is 2.54. The van der Waals surface area contributed by atoms with Crippen molar-refractivity contribution in [2.75, 3.05) is 12.0 Å². The summed E-state index contributed by atoms with van der Waals surface area (Å²) in [7, 11) is 1.77. The second kappa shape index (κ2) is 9.76. The van der Waals surface area contributed by atoms with Crippen LogP contribution in [-0.2, 0) is 9.53 Å². The van der Waals surface area contributed by atoms with Gasteiger partial charge in [-0.05, 0) is 94.5 Å². The van der Waals surface area contributed by atoms with Crippen molar-refractivity contribution in [2.24, 2.45) is 11.8 Å². The zero-order chi connectivity index (χ0) is 28.6. The third kappa shape index (κ3) is 4.19. The maximum Gasteiger partial charge on any atom is 0.231 e. The average Bonchev–Trinajstić information content (AvgIpc) is 3.55. The Labute approximate surface area is 237 Å². The number of hydrogen-bond donors (Lipinski definition) is 0. The van der Waals surface area contributed by atoms with E-state index in [-0.39, 0.29) is 35.9 Å². The minimum atomic E-state index is -0.960. The van der Waals surface area contributed by atoms with Gasteiger partial charge in [-0.3, -0.25) is 4.79 Å². The first kappa shape index (κ1) is 26.3. The highest BCUT2D eigenvalue weighted by atomic mass is 19.2.